The number of halogens is 1. The number of carbonyl (C=O) groups excluding carboxylic acids is 2. The summed E-state index contributed by atoms with van der Waals surface area (Å²) in [5, 5.41) is 7.47. The van der Waals surface area contributed by atoms with Crippen molar-refractivity contribution in [3.8, 4) is 11.3 Å². The van der Waals surface area contributed by atoms with Gasteiger partial charge in [-0.3, -0.25) is 9.59 Å². The summed E-state index contributed by atoms with van der Waals surface area (Å²) in [6, 6.07) is 15.7. The molecule has 1 fully saturated rings. The number of carbonyl (C=O) groups is 2. The van der Waals surface area contributed by atoms with Crippen molar-refractivity contribution in [1.29, 1.82) is 0 Å². The van der Waals surface area contributed by atoms with E-state index in [1.807, 2.05) is 36.5 Å². The largest absolute Gasteiger partial charge is 0.361 e. The molecule has 1 saturated heterocycles. The number of aromatic nitrogens is 2. The third kappa shape index (κ3) is 4.37. The van der Waals surface area contributed by atoms with E-state index in [1.54, 1.807) is 17.0 Å². The molecule has 1 aliphatic heterocycles. The topological polar surface area (TPSA) is 91.2 Å². The fourth-order valence-electron chi connectivity index (χ4n) is 4.38. The van der Waals surface area contributed by atoms with Gasteiger partial charge in [0.05, 0.1) is 6.54 Å². The van der Waals surface area contributed by atoms with Crippen LogP contribution in [0.3, 0.4) is 0 Å². The van der Waals surface area contributed by atoms with Crippen molar-refractivity contribution < 1.29 is 18.5 Å². The highest BCUT2D eigenvalue weighted by molar-refractivity contribution is 5.95. The number of nitrogens with zero attached hydrogens (tertiary/aromatic N) is 2. The van der Waals surface area contributed by atoms with Gasteiger partial charge >= 0.3 is 0 Å². The summed E-state index contributed by atoms with van der Waals surface area (Å²) < 4.78 is 18.7. The molecule has 2 N–H and O–H groups in total. The number of hydrogen-bond acceptors (Lipinski definition) is 4. The molecule has 1 aliphatic rings. The second-order valence-corrected chi connectivity index (χ2v) is 8.21. The maximum atomic E-state index is 13.4. The molecular formula is C25H23FN4O3. The summed E-state index contributed by atoms with van der Waals surface area (Å²) in [5.41, 5.74) is 2.90. The van der Waals surface area contributed by atoms with Crippen LogP contribution in [0, 0.1) is 5.82 Å². The number of H-pyrrole nitrogens is 1. The maximum Gasteiger partial charge on any atom is 0.273 e. The van der Waals surface area contributed by atoms with E-state index in [0.29, 0.717) is 24.8 Å². The molecule has 0 radical (unpaired) electrons. The molecule has 168 valence electrons. The highest BCUT2D eigenvalue weighted by Gasteiger charge is 2.26. The van der Waals surface area contributed by atoms with Crippen LogP contribution in [0.1, 0.15) is 34.8 Å². The van der Waals surface area contributed by atoms with Crippen molar-refractivity contribution in [2.24, 2.45) is 0 Å². The van der Waals surface area contributed by atoms with Gasteiger partial charge in [-0.2, -0.15) is 0 Å². The first-order valence-corrected chi connectivity index (χ1v) is 10.9. The molecule has 0 aliphatic carbocycles. The van der Waals surface area contributed by atoms with E-state index in [1.165, 1.54) is 12.1 Å². The molecule has 2 aromatic carbocycles. The Balaban J connectivity index is 1.14. The van der Waals surface area contributed by atoms with Gasteiger partial charge in [-0.25, -0.2) is 4.39 Å². The first-order chi connectivity index (χ1) is 16.1. The summed E-state index contributed by atoms with van der Waals surface area (Å²) in [7, 11) is 0. The lowest BCUT2D eigenvalue weighted by atomic mass is 9.89. The van der Waals surface area contributed by atoms with E-state index in [9.17, 15) is 14.0 Å². The first-order valence-electron chi connectivity index (χ1n) is 10.9. The molecule has 2 amide bonds. The monoisotopic (exact) mass is 446 g/mol. The van der Waals surface area contributed by atoms with Crippen molar-refractivity contribution in [1.82, 2.24) is 20.4 Å². The van der Waals surface area contributed by atoms with E-state index in [0.717, 1.165) is 34.9 Å². The van der Waals surface area contributed by atoms with Gasteiger partial charge in [0.25, 0.3) is 5.91 Å². The Morgan fingerprint density at radius 2 is 1.91 bits per heavy atom. The number of piperidine rings is 1. The van der Waals surface area contributed by atoms with E-state index < -0.39 is 5.91 Å². The van der Waals surface area contributed by atoms with Gasteiger partial charge < -0.3 is 19.7 Å². The van der Waals surface area contributed by atoms with Crippen LogP contribution in [0.4, 0.5) is 4.39 Å². The fourth-order valence-corrected chi connectivity index (χ4v) is 4.38. The summed E-state index contributed by atoms with van der Waals surface area (Å²) in [6.07, 6.45) is 3.57. The van der Waals surface area contributed by atoms with Crippen molar-refractivity contribution in [3.05, 3.63) is 77.9 Å². The Morgan fingerprint density at radius 1 is 1.12 bits per heavy atom. The van der Waals surface area contributed by atoms with Crippen molar-refractivity contribution in [3.63, 3.8) is 0 Å². The number of aromatic amines is 1. The smallest absolute Gasteiger partial charge is 0.273 e. The Labute approximate surface area is 189 Å². The predicted octanol–water partition coefficient (Wildman–Crippen LogP) is 4.10. The minimum Gasteiger partial charge on any atom is -0.361 e. The van der Waals surface area contributed by atoms with Crippen molar-refractivity contribution in [2.75, 3.05) is 19.6 Å². The second-order valence-electron chi connectivity index (χ2n) is 8.21. The van der Waals surface area contributed by atoms with E-state index in [4.69, 9.17) is 4.52 Å². The van der Waals surface area contributed by atoms with Crippen LogP contribution in [0.25, 0.3) is 22.2 Å². The molecule has 4 aromatic rings. The van der Waals surface area contributed by atoms with Gasteiger partial charge in [-0.1, -0.05) is 35.5 Å². The van der Waals surface area contributed by atoms with Crippen LogP contribution >= 0.6 is 0 Å². The lowest BCUT2D eigenvalue weighted by molar-refractivity contribution is -0.131. The zero-order chi connectivity index (χ0) is 22.8. The quantitative estimate of drug-likeness (QED) is 0.483. The van der Waals surface area contributed by atoms with Crippen LogP contribution in [0.2, 0.25) is 0 Å². The summed E-state index contributed by atoms with van der Waals surface area (Å²) in [6.45, 7) is 1.12. The number of benzene rings is 2. The summed E-state index contributed by atoms with van der Waals surface area (Å²) >= 11 is 0. The van der Waals surface area contributed by atoms with Crippen LogP contribution in [-0.2, 0) is 4.79 Å². The molecular weight excluding hydrogens is 423 g/mol. The Bertz CT molecular complexity index is 1290. The normalized spacial score (nSPS) is 14.5. The first kappa shape index (κ1) is 20.9. The maximum absolute atomic E-state index is 13.4. The minimum absolute atomic E-state index is 0.0939. The van der Waals surface area contributed by atoms with Crippen molar-refractivity contribution >= 4 is 22.7 Å². The number of rotatable bonds is 5. The number of fused-ring (bicyclic) bond motifs is 1. The lowest BCUT2D eigenvalue weighted by Crippen LogP contribution is -2.43. The fraction of sp³-hybridized carbons (Fsp3) is 0.240. The number of likely N-dealkylation sites (tertiary alicyclic amines) is 1. The highest BCUT2D eigenvalue weighted by Crippen LogP contribution is 2.33. The van der Waals surface area contributed by atoms with Crippen LogP contribution in [0.5, 0.6) is 0 Å². The molecule has 33 heavy (non-hydrogen) atoms. The summed E-state index contributed by atoms with van der Waals surface area (Å²) in [5.74, 6) is -0.0476. The number of nitrogens with one attached hydrogen (secondary N) is 2. The standard InChI is InChI=1S/C25H23FN4O3/c26-18-6-7-19-20(14-27-21(19)12-18)16-8-10-30(11-9-16)24(31)15-28-25(32)22-13-23(33-29-22)17-4-2-1-3-5-17/h1-7,12-14,16,27H,8-11,15H2,(H,28,32). The van der Waals surface area contributed by atoms with Crippen LogP contribution in [-0.4, -0.2) is 46.5 Å². The Kier molecular flexibility index (Phi) is 5.64. The van der Waals surface area contributed by atoms with Gasteiger partial charge in [0.1, 0.15) is 5.82 Å². The molecule has 0 spiro atoms. The summed E-state index contributed by atoms with van der Waals surface area (Å²) in [4.78, 5) is 29.9. The van der Waals surface area contributed by atoms with Gasteiger partial charge in [-0.05, 0) is 42.5 Å². The third-order valence-electron chi connectivity index (χ3n) is 6.16. The van der Waals surface area contributed by atoms with E-state index >= 15 is 0 Å². The molecule has 8 heteroatoms. The molecule has 5 rings (SSSR count). The minimum atomic E-state index is -0.449. The zero-order valence-electron chi connectivity index (χ0n) is 17.9. The Morgan fingerprint density at radius 3 is 2.70 bits per heavy atom. The van der Waals surface area contributed by atoms with Crippen LogP contribution < -0.4 is 5.32 Å². The average Bonchev–Trinajstić information content (AvgIpc) is 3.50. The zero-order valence-corrected chi connectivity index (χ0v) is 17.9. The van der Waals surface area contributed by atoms with E-state index in [-0.39, 0.29) is 24.0 Å². The lowest BCUT2D eigenvalue weighted by Gasteiger charge is -2.32. The van der Waals surface area contributed by atoms with Gasteiger partial charge in [0.15, 0.2) is 11.5 Å². The van der Waals surface area contributed by atoms with Gasteiger partial charge in [0.2, 0.25) is 5.91 Å². The van der Waals surface area contributed by atoms with Crippen molar-refractivity contribution in [2.45, 2.75) is 18.8 Å². The molecule has 7 nitrogen and oxygen atoms in total. The molecule has 3 heterocycles. The Hall–Kier alpha value is -3.94. The third-order valence-corrected chi connectivity index (χ3v) is 6.16. The highest BCUT2D eigenvalue weighted by atomic mass is 19.1. The van der Waals surface area contributed by atoms with E-state index in [2.05, 4.69) is 15.5 Å². The molecule has 0 atom stereocenters. The number of hydrogen-bond donors (Lipinski definition) is 2. The van der Waals surface area contributed by atoms with Crippen LogP contribution in [0.15, 0.2) is 65.3 Å². The molecule has 0 unspecified atom stereocenters. The number of amides is 2. The predicted molar refractivity (Wildman–Crippen MR) is 121 cm³/mol. The molecule has 0 saturated carbocycles. The SMILES string of the molecule is O=C(NCC(=O)N1CCC(c2c[nH]c3cc(F)ccc23)CC1)c1cc(-c2ccccc2)on1. The average molecular weight is 446 g/mol. The second kappa shape index (κ2) is 8.90. The molecule has 0 bridgehead atoms. The van der Waals surface area contributed by atoms with Gasteiger partial charge in [0, 0.05) is 41.8 Å². The molecule has 2 aromatic heterocycles. The van der Waals surface area contributed by atoms with Gasteiger partial charge in [-0.15, -0.1) is 0 Å².